The summed E-state index contributed by atoms with van der Waals surface area (Å²) in [7, 11) is 0. The van der Waals surface area contributed by atoms with Gasteiger partial charge in [-0.2, -0.15) is 0 Å². The van der Waals surface area contributed by atoms with E-state index in [4.69, 9.17) is 5.73 Å². The minimum Gasteiger partial charge on any atom is -0.328 e. The van der Waals surface area contributed by atoms with Crippen LogP contribution in [0.15, 0.2) is 0 Å². The molecule has 1 nitrogen and oxygen atoms in total. The van der Waals surface area contributed by atoms with E-state index in [-0.39, 0.29) is 21.1 Å². The largest absolute Gasteiger partial charge is 4.00 e. The van der Waals surface area contributed by atoms with Crippen molar-refractivity contribution in [1.29, 1.82) is 0 Å². The molecule has 0 spiro atoms. The van der Waals surface area contributed by atoms with Crippen LogP contribution >= 0.6 is 0 Å². The average molecular weight is 280 g/mol. The smallest absolute Gasteiger partial charge is 0.328 e. The van der Waals surface area contributed by atoms with Gasteiger partial charge < -0.3 is 5.73 Å². The third kappa shape index (κ3) is 2.46. The van der Waals surface area contributed by atoms with E-state index in [1.807, 2.05) is 0 Å². The van der Waals surface area contributed by atoms with E-state index in [1.165, 1.54) is 25.7 Å². The van der Waals surface area contributed by atoms with E-state index in [0.717, 1.165) is 0 Å². The molecule has 0 aliphatic heterocycles. The Morgan fingerprint density at radius 3 is 1.71 bits per heavy atom. The van der Waals surface area contributed by atoms with Gasteiger partial charge >= 0.3 is 21.1 Å². The first-order valence-electron chi connectivity index (χ1n) is 2.65. The molecule has 0 aromatic heterocycles. The zero-order valence-corrected chi connectivity index (χ0v) is 6.57. The molecule has 0 aromatic rings. The van der Waals surface area contributed by atoms with Crippen molar-refractivity contribution in [2.45, 2.75) is 31.7 Å². The van der Waals surface area contributed by atoms with Crippen molar-refractivity contribution in [3.63, 3.8) is 0 Å². The first kappa shape index (κ1) is 7.65. The second-order valence-corrected chi connectivity index (χ2v) is 2.04. The molecule has 1 saturated carbocycles. The van der Waals surface area contributed by atoms with Crippen LogP contribution in [0, 0.1) is 0 Å². The van der Waals surface area contributed by atoms with Gasteiger partial charge in [0.25, 0.3) is 0 Å². The van der Waals surface area contributed by atoms with Gasteiger partial charge in [0.2, 0.25) is 0 Å². The normalized spacial score (nSPS) is 21.9. The molecule has 1 aliphatic carbocycles. The molecule has 2 N–H and O–H groups in total. The zero-order chi connectivity index (χ0) is 4.41. The summed E-state index contributed by atoms with van der Waals surface area (Å²) in [6, 6.07) is 0.546. The van der Waals surface area contributed by atoms with Crippen molar-refractivity contribution in [1.82, 2.24) is 0 Å². The molecule has 0 atom stereocenters. The van der Waals surface area contributed by atoms with Gasteiger partial charge in [0.15, 0.2) is 0 Å². The maximum absolute atomic E-state index is 5.53. The first-order chi connectivity index (χ1) is 2.89. The molecule has 0 radical (unpaired) electrons. The Morgan fingerprint density at radius 2 is 1.57 bits per heavy atom. The van der Waals surface area contributed by atoms with Crippen LogP contribution in [0.1, 0.15) is 25.7 Å². The molecule has 2 heteroatoms. The van der Waals surface area contributed by atoms with Crippen LogP contribution in [0.2, 0.25) is 0 Å². The summed E-state index contributed by atoms with van der Waals surface area (Å²) in [4.78, 5) is 0. The third-order valence-corrected chi connectivity index (χ3v) is 1.40. The zero-order valence-electron chi connectivity index (χ0n) is 4.30. The molecule has 0 heterocycles. The Morgan fingerprint density at radius 1 is 1.14 bits per heavy atom. The number of hydrogen-bond donors (Lipinski definition) is 1. The quantitative estimate of drug-likeness (QED) is 0.700. The standard InChI is InChI=1S/C5H11N.Pt/c6-5-3-1-2-4-5;/h5H,1-4,6H2;/q;+4. The monoisotopic (exact) mass is 280 g/mol. The second-order valence-electron chi connectivity index (χ2n) is 2.04. The van der Waals surface area contributed by atoms with Crippen LogP contribution in [0.4, 0.5) is 0 Å². The van der Waals surface area contributed by atoms with Crippen LogP contribution in [-0.2, 0) is 21.1 Å². The van der Waals surface area contributed by atoms with Gasteiger partial charge in [0.05, 0.1) is 0 Å². The van der Waals surface area contributed by atoms with Crippen molar-refractivity contribution >= 4 is 0 Å². The maximum atomic E-state index is 5.53. The van der Waals surface area contributed by atoms with Crippen molar-refractivity contribution < 1.29 is 21.1 Å². The molecule has 0 amide bonds. The molecule has 1 rings (SSSR count). The van der Waals surface area contributed by atoms with Crippen LogP contribution in [0.5, 0.6) is 0 Å². The second kappa shape index (κ2) is 3.63. The minimum absolute atomic E-state index is 0. The summed E-state index contributed by atoms with van der Waals surface area (Å²) < 4.78 is 0. The Labute approximate surface area is 58.9 Å². The Kier molecular flexibility index (Phi) is 3.96. The summed E-state index contributed by atoms with van der Waals surface area (Å²) in [6.07, 6.45) is 5.25. The topological polar surface area (TPSA) is 26.0 Å². The van der Waals surface area contributed by atoms with Gasteiger partial charge in [-0.25, -0.2) is 0 Å². The molecule has 7 heavy (non-hydrogen) atoms. The summed E-state index contributed by atoms with van der Waals surface area (Å²) in [5.74, 6) is 0. The Balaban J connectivity index is 0.000000360. The molecule has 1 fully saturated rings. The molecule has 42 valence electrons. The van der Waals surface area contributed by atoms with Gasteiger partial charge in [-0.3, -0.25) is 0 Å². The number of rotatable bonds is 0. The van der Waals surface area contributed by atoms with Crippen molar-refractivity contribution in [2.75, 3.05) is 0 Å². The van der Waals surface area contributed by atoms with Gasteiger partial charge in [0, 0.05) is 6.04 Å². The molecule has 0 unspecified atom stereocenters. The van der Waals surface area contributed by atoms with Gasteiger partial charge in [-0.05, 0) is 12.8 Å². The Bertz CT molecular complexity index is 41.3. The fourth-order valence-electron chi connectivity index (χ4n) is 0.957. The Hall–Kier alpha value is 0.648. The molecular formula is C5H11NPt+4. The summed E-state index contributed by atoms with van der Waals surface area (Å²) in [6.45, 7) is 0. The van der Waals surface area contributed by atoms with Crippen LogP contribution < -0.4 is 5.73 Å². The van der Waals surface area contributed by atoms with Crippen LogP contribution in [-0.4, -0.2) is 6.04 Å². The predicted octanol–water partition coefficient (Wildman–Crippen LogP) is 0.885. The average Bonchev–Trinajstić information content (AvgIpc) is 1.86. The van der Waals surface area contributed by atoms with E-state index in [9.17, 15) is 0 Å². The fraction of sp³-hybridized carbons (Fsp3) is 1.00. The van der Waals surface area contributed by atoms with E-state index < -0.39 is 0 Å². The van der Waals surface area contributed by atoms with E-state index in [0.29, 0.717) is 6.04 Å². The van der Waals surface area contributed by atoms with E-state index in [1.54, 1.807) is 0 Å². The molecule has 0 aromatic carbocycles. The van der Waals surface area contributed by atoms with Crippen LogP contribution in [0.25, 0.3) is 0 Å². The van der Waals surface area contributed by atoms with Crippen molar-refractivity contribution in [3.8, 4) is 0 Å². The summed E-state index contributed by atoms with van der Waals surface area (Å²) >= 11 is 0. The summed E-state index contributed by atoms with van der Waals surface area (Å²) in [5, 5.41) is 0. The fourth-order valence-corrected chi connectivity index (χ4v) is 0.957. The molecule has 0 bridgehead atoms. The van der Waals surface area contributed by atoms with Crippen LogP contribution in [0.3, 0.4) is 0 Å². The third-order valence-electron chi connectivity index (χ3n) is 1.40. The minimum atomic E-state index is 0. The first-order valence-corrected chi connectivity index (χ1v) is 2.65. The predicted molar refractivity (Wildman–Crippen MR) is 26.4 cm³/mol. The number of hydrogen-bond acceptors (Lipinski definition) is 1. The van der Waals surface area contributed by atoms with Crippen molar-refractivity contribution in [3.05, 3.63) is 0 Å². The SMILES string of the molecule is NC1CCCC1.[Pt+4]. The maximum Gasteiger partial charge on any atom is 4.00 e. The molecule has 1 aliphatic rings. The van der Waals surface area contributed by atoms with E-state index in [2.05, 4.69) is 0 Å². The van der Waals surface area contributed by atoms with Crippen molar-refractivity contribution in [2.24, 2.45) is 5.73 Å². The summed E-state index contributed by atoms with van der Waals surface area (Å²) in [5.41, 5.74) is 5.53. The van der Waals surface area contributed by atoms with Gasteiger partial charge in [0.1, 0.15) is 0 Å². The van der Waals surface area contributed by atoms with Gasteiger partial charge in [-0.1, -0.05) is 12.8 Å². The number of nitrogens with two attached hydrogens (primary N) is 1. The molecular weight excluding hydrogens is 269 g/mol. The molecule has 0 saturated heterocycles. The van der Waals surface area contributed by atoms with Gasteiger partial charge in [-0.15, -0.1) is 0 Å². The van der Waals surface area contributed by atoms with E-state index >= 15 is 0 Å².